The SMILES string of the molecule is O=C(O)c1ccc(N2CCN(c3ccc(C(=O)Nc4ccc5sccc5c4)cc3)CC2)cc1. The van der Waals surface area contributed by atoms with E-state index in [0.717, 1.165) is 48.6 Å². The molecule has 0 aliphatic carbocycles. The molecule has 1 amide bonds. The van der Waals surface area contributed by atoms with Crippen LogP contribution in [-0.2, 0) is 0 Å². The second-order valence-corrected chi connectivity index (χ2v) is 8.95. The zero-order valence-corrected chi connectivity index (χ0v) is 18.7. The Labute approximate surface area is 195 Å². The zero-order chi connectivity index (χ0) is 22.8. The van der Waals surface area contributed by atoms with Gasteiger partial charge < -0.3 is 20.2 Å². The van der Waals surface area contributed by atoms with Gasteiger partial charge in [0.25, 0.3) is 5.91 Å². The van der Waals surface area contributed by atoms with Crippen molar-refractivity contribution < 1.29 is 14.7 Å². The zero-order valence-electron chi connectivity index (χ0n) is 17.9. The minimum atomic E-state index is -0.910. The van der Waals surface area contributed by atoms with Gasteiger partial charge in [0.1, 0.15) is 0 Å². The van der Waals surface area contributed by atoms with Gasteiger partial charge >= 0.3 is 5.97 Å². The van der Waals surface area contributed by atoms with Gasteiger partial charge in [0, 0.05) is 53.5 Å². The molecule has 1 saturated heterocycles. The smallest absolute Gasteiger partial charge is 0.335 e. The summed E-state index contributed by atoms with van der Waals surface area (Å²) in [6.07, 6.45) is 0. The molecule has 0 bridgehead atoms. The van der Waals surface area contributed by atoms with Gasteiger partial charge in [-0.05, 0) is 83.6 Å². The summed E-state index contributed by atoms with van der Waals surface area (Å²) in [5.41, 5.74) is 3.84. The molecule has 0 spiro atoms. The first kappa shape index (κ1) is 21.0. The first-order chi connectivity index (χ1) is 16.1. The molecule has 2 N–H and O–H groups in total. The number of hydrogen-bond donors (Lipinski definition) is 2. The van der Waals surface area contributed by atoms with Crippen LogP contribution in [-0.4, -0.2) is 43.2 Å². The molecule has 0 radical (unpaired) electrons. The van der Waals surface area contributed by atoms with E-state index in [2.05, 4.69) is 21.2 Å². The van der Waals surface area contributed by atoms with Crippen LogP contribution in [0, 0.1) is 0 Å². The van der Waals surface area contributed by atoms with Gasteiger partial charge in [-0.3, -0.25) is 4.79 Å². The lowest BCUT2D eigenvalue weighted by molar-refractivity contribution is 0.0696. The standard InChI is InChI=1S/C26H23N3O3S/c30-25(27-21-5-10-24-20(17-21)11-16-33-24)18-1-6-22(7-2-18)28-12-14-29(15-13-28)23-8-3-19(4-9-23)26(31)32/h1-11,16-17H,12-15H2,(H,27,30)(H,31,32). The summed E-state index contributed by atoms with van der Waals surface area (Å²) >= 11 is 1.68. The number of aromatic carboxylic acids is 1. The van der Waals surface area contributed by atoms with Crippen molar-refractivity contribution in [2.75, 3.05) is 41.3 Å². The van der Waals surface area contributed by atoms with Gasteiger partial charge in [-0.2, -0.15) is 0 Å². The van der Waals surface area contributed by atoms with Gasteiger partial charge in [0.15, 0.2) is 0 Å². The van der Waals surface area contributed by atoms with Crippen molar-refractivity contribution in [2.24, 2.45) is 0 Å². The Morgan fingerprint density at radius 1 is 0.758 bits per heavy atom. The van der Waals surface area contributed by atoms with Crippen LogP contribution in [0.5, 0.6) is 0 Å². The van der Waals surface area contributed by atoms with E-state index in [0.29, 0.717) is 11.1 Å². The number of benzene rings is 3. The van der Waals surface area contributed by atoms with Crippen molar-refractivity contribution >= 4 is 50.4 Å². The van der Waals surface area contributed by atoms with Crippen LogP contribution in [0.4, 0.5) is 17.1 Å². The first-order valence-corrected chi connectivity index (χ1v) is 11.7. The van der Waals surface area contributed by atoms with E-state index in [1.54, 1.807) is 23.5 Å². The van der Waals surface area contributed by atoms with Crippen LogP contribution in [0.15, 0.2) is 78.2 Å². The molecule has 33 heavy (non-hydrogen) atoms. The predicted molar refractivity (Wildman–Crippen MR) is 134 cm³/mol. The monoisotopic (exact) mass is 457 g/mol. The van der Waals surface area contributed by atoms with E-state index in [1.807, 2.05) is 60.0 Å². The van der Waals surface area contributed by atoms with Gasteiger partial charge in [-0.25, -0.2) is 4.79 Å². The third-order valence-electron chi connectivity index (χ3n) is 5.96. The highest BCUT2D eigenvalue weighted by molar-refractivity contribution is 7.17. The first-order valence-electron chi connectivity index (χ1n) is 10.8. The number of carbonyl (C=O) groups is 2. The third-order valence-corrected chi connectivity index (χ3v) is 6.86. The van der Waals surface area contributed by atoms with E-state index in [4.69, 9.17) is 5.11 Å². The van der Waals surface area contributed by atoms with Gasteiger partial charge in [-0.15, -0.1) is 11.3 Å². The van der Waals surface area contributed by atoms with Gasteiger partial charge in [0.2, 0.25) is 0 Å². The minimum absolute atomic E-state index is 0.120. The molecule has 166 valence electrons. The Balaban J connectivity index is 1.19. The van der Waals surface area contributed by atoms with Crippen LogP contribution < -0.4 is 15.1 Å². The van der Waals surface area contributed by atoms with Crippen LogP contribution in [0.3, 0.4) is 0 Å². The van der Waals surface area contributed by atoms with Crippen LogP contribution in [0.25, 0.3) is 10.1 Å². The quantitative estimate of drug-likeness (QED) is 0.432. The van der Waals surface area contributed by atoms with Crippen molar-refractivity contribution in [3.8, 4) is 0 Å². The molecule has 6 nitrogen and oxygen atoms in total. The average Bonchev–Trinajstić information content (AvgIpc) is 3.32. The lowest BCUT2D eigenvalue weighted by Gasteiger charge is -2.37. The van der Waals surface area contributed by atoms with Gasteiger partial charge in [0.05, 0.1) is 5.56 Å². The summed E-state index contributed by atoms with van der Waals surface area (Å²) < 4.78 is 1.20. The molecule has 3 aromatic carbocycles. The van der Waals surface area contributed by atoms with Crippen molar-refractivity contribution in [1.29, 1.82) is 0 Å². The highest BCUT2D eigenvalue weighted by atomic mass is 32.1. The van der Waals surface area contributed by atoms with E-state index in [-0.39, 0.29) is 5.91 Å². The Morgan fingerprint density at radius 2 is 1.33 bits per heavy atom. The number of rotatable bonds is 5. The van der Waals surface area contributed by atoms with E-state index >= 15 is 0 Å². The molecule has 0 unspecified atom stereocenters. The molecular weight excluding hydrogens is 434 g/mol. The maximum absolute atomic E-state index is 12.7. The highest BCUT2D eigenvalue weighted by Gasteiger charge is 2.18. The molecular formula is C26H23N3O3S. The number of thiophene rings is 1. The second kappa shape index (κ2) is 8.96. The number of nitrogens with zero attached hydrogens (tertiary/aromatic N) is 2. The number of piperazine rings is 1. The Morgan fingerprint density at radius 3 is 1.91 bits per heavy atom. The molecule has 1 aromatic heterocycles. The summed E-state index contributed by atoms with van der Waals surface area (Å²) in [5, 5.41) is 15.2. The number of hydrogen-bond acceptors (Lipinski definition) is 5. The number of fused-ring (bicyclic) bond motifs is 1. The molecule has 7 heteroatoms. The van der Waals surface area contributed by atoms with Crippen LogP contribution in [0.2, 0.25) is 0 Å². The van der Waals surface area contributed by atoms with Crippen molar-refractivity contribution in [3.05, 3.63) is 89.3 Å². The highest BCUT2D eigenvalue weighted by Crippen LogP contribution is 2.25. The maximum atomic E-state index is 12.7. The lowest BCUT2D eigenvalue weighted by Crippen LogP contribution is -2.46. The maximum Gasteiger partial charge on any atom is 0.335 e. The van der Waals surface area contributed by atoms with Crippen molar-refractivity contribution in [1.82, 2.24) is 0 Å². The summed E-state index contributed by atoms with van der Waals surface area (Å²) in [7, 11) is 0. The number of amides is 1. The fourth-order valence-corrected chi connectivity index (χ4v) is 4.88. The predicted octanol–water partition coefficient (Wildman–Crippen LogP) is 5.18. The van der Waals surface area contributed by atoms with E-state index in [1.165, 1.54) is 4.70 Å². The molecule has 1 aliphatic heterocycles. The summed E-state index contributed by atoms with van der Waals surface area (Å²) in [6.45, 7) is 3.40. The average molecular weight is 458 g/mol. The summed E-state index contributed by atoms with van der Waals surface area (Å²) in [4.78, 5) is 28.3. The number of carbonyl (C=O) groups excluding carboxylic acids is 1. The minimum Gasteiger partial charge on any atom is -0.478 e. The Hall–Kier alpha value is -3.84. The van der Waals surface area contributed by atoms with E-state index < -0.39 is 5.97 Å². The summed E-state index contributed by atoms with van der Waals surface area (Å²) in [6, 6.07) is 22.7. The van der Waals surface area contributed by atoms with Crippen LogP contribution >= 0.6 is 11.3 Å². The number of carboxylic acids is 1. The largest absolute Gasteiger partial charge is 0.478 e. The summed E-state index contributed by atoms with van der Waals surface area (Å²) in [5.74, 6) is -1.03. The number of carboxylic acid groups (broad SMARTS) is 1. The Bertz CT molecular complexity index is 1290. The molecule has 4 aromatic rings. The van der Waals surface area contributed by atoms with Crippen molar-refractivity contribution in [3.63, 3.8) is 0 Å². The normalized spacial score (nSPS) is 13.8. The van der Waals surface area contributed by atoms with Gasteiger partial charge in [-0.1, -0.05) is 0 Å². The van der Waals surface area contributed by atoms with E-state index in [9.17, 15) is 9.59 Å². The van der Waals surface area contributed by atoms with Crippen LogP contribution in [0.1, 0.15) is 20.7 Å². The molecule has 2 heterocycles. The third kappa shape index (κ3) is 4.54. The molecule has 1 aliphatic rings. The number of anilines is 3. The number of nitrogens with one attached hydrogen (secondary N) is 1. The van der Waals surface area contributed by atoms with Crippen molar-refractivity contribution in [2.45, 2.75) is 0 Å². The molecule has 5 rings (SSSR count). The lowest BCUT2D eigenvalue weighted by atomic mass is 10.1. The molecule has 1 fully saturated rings. The molecule has 0 saturated carbocycles. The fourth-order valence-electron chi connectivity index (χ4n) is 4.11. The Kier molecular flexibility index (Phi) is 5.71. The topological polar surface area (TPSA) is 72.9 Å². The second-order valence-electron chi connectivity index (χ2n) is 8.00. The fraction of sp³-hybridized carbons (Fsp3) is 0.154. The molecule has 0 atom stereocenters.